The van der Waals surface area contributed by atoms with Crippen LogP contribution in [-0.4, -0.2) is 22.3 Å². The summed E-state index contributed by atoms with van der Waals surface area (Å²) in [4.78, 5) is 21.8. The number of carbonyl (C=O) groups is 1. The van der Waals surface area contributed by atoms with E-state index < -0.39 is 17.2 Å². The number of ether oxygens (including phenoxy) is 1. The molecule has 2 aromatic rings. The van der Waals surface area contributed by atoms with E-state index in [4.69, 9.17) is 4.74 Å². The second kappa shape index (κ2) is 7.12. The zero-order chi connectivity index (χ0) is 16.8. The summed E-state index contributed by atoms with van der Waals surface area (Å²) in [5, 5.41) is 24.8. The van der Waals surface area contributed by atoms with Crippen LogP contribution in [0.2, 0.25) is 0 Å². The molecule has 0 radical (unpaired) electrons. The molecule has 8 nitrogen and oxygen atoms in total. The maximum Gasteiger partial charge on any atom is 0.322 e. The van der Waals surface area contributed by atoms with Crippen LogP contribution in [-0.2, 0) is 0 Å². The molecule has 2 aromatic carbocycles. The van der Waals surface area contributed by atoms with E-state index in [9.17, 15) is 20.0 Å². The van der Waals surface area contributed by atoms with Crippen molar-refractivity contribution in [3.05, 3.63) is 58.6 Å². The highest BCUT2D eigenvalue weighted by Crippen LogP contribution is 2.17. The van der Waals surface area contributed by atoms with Gasteiger partial charge in [-0.3, -0.25) is 10.1 Å². The predicted octanol–water partition coefficient (Wildman–Crippen LogP) is 2.85. The number of hydrogen-bond acceptors (Lipinski definition) is 5. The number of phenolic OH excluding ortho intramolecular Hbond substituents is 1. The van der Waals surface area contributed by atoms with Crippen LogP contribution in [0.1, 0.15) is 6.92 Å². The van der Waals surface area contributed by atoms with Crippen molar-refractivity contribution < 1.29 is 19.6 Å². The quantitative estimate of drug-likeness (QED) is 0.446. The molecule has 0 heterocycles. The van der Waals surface area contributed by atoms with Gasteiger partial charge in [0.25, 0.3) is 5.69 Å². The molecule has 2 amide bonds. The summed E-state index contributed by atoms with van der Waals surface area (Å²) in [6.07, 6.45) is -0.613. The highest BCUT2D eigenvalue weighted by atomic mass is 16.6. The molecule has 0 aliphatic heterocycles. The number of nitrogens with one attached hydrogen (secondary N) is 2. The van der Waals surface area contributed by atoms with Crippen molar-refractivity contribution in [3.63, 3.8) is 0 Å². The van der Waals surface area contributed by atoms with Crippen molar-refractivity contribution in [1.29, 1.82) is 0 Å². The van der Waals surface area contributed by atoms with Crippen molar-refractivity contribution >= 4 is 17.4 Å². The number of urea groups is 1. The molecule has 2 rings (SSSR count). The molecular formula is C15H15N3O5. The van der Waals surface area contributed by atoms with Crippen LogP contribution in [0.3, 0.4) is 0 Å². The van der Waals surface area contributed by atoms with Crippen LogP contribution in [0.15, 0.2) is 48.5 Å². The van der Waals surface area contributed by atoms with E-state index in [0.717, 1.165) is 0 Å². The molecule has 0 spiro atoms. The number of hydrogen-bond donors (Lipinski definition) is 3. The van der Waals surface area contributed by atoms with Crippen LogP contribution in [0, 0.1) is 10.1 Å². The molecular weight excluding hydrogens is 302 g/mol. The molecule has 0 aliphatic carbocycles. The molecule has 0 aliphatic rings. The zero-order valence-electron chi connectivity index (χ0n) is 12.2. The Kier molecular flexibility index (Phi) is 4.98. The number of phenols is 1. The van der Waals surface area contributed by atoms with Gasteiger partial charge in [-0.2, -0.15) is 0 Å². The Balaban J connectivity index is 1.86. The standard InChI is InChI=1S/C15H15N3O5/c1-10(23-14-8-6-13(19)7-9-14)16-15(20)17-11-2-4-12(5-3-11)18(21)22/h2-10,19H,1H3,(H2,16,17,20). The monoisotopic (exact) mass is 317 g/mol. The van der Waals surface area contributed by atoms with E-state index in [1.165, 1.54) is 36.4 Å². The summed E-state index contributed by atoms with van der Waals surface area (Å²) in [5.74, 6) is 0.611. The molecule has 23 heavy (non-hydrogen) atoms. The molecule has 0 saturated carbocycles. The Bertz CT molecular complexity index is 685. The SMILES string of the molecule is CC(NC(=O)Nc1ccc([N+](=O)[O-])cc1)Oc1ccc(O)cc1. The van der Waals surface area contributed by atoms with Crippen molar-refractivity contribution in [2.75, 3.05) is 5.32 Å². The lowest BCUT2D eigenvalue weighted by atomic mass is 10.3. The lowest BCUT2D eigenvalue weighted by molar-refractivity contribution is -0.384. The first kappa shape index (κ1) is 16.1. The third-order valence-electron chi connectivity index (χ3n) is 2.82. The van der Waals surface area contributed by atoms with Gasteiger partial charge in [-0.25, -0.2) is 4.79 Å². The number of anilines is 1. The summed E-state index contributed by atoms with van der Waals surface area (Å²) < 4.78 is 5.46. The summed E-state index contributed by atoms with van der Waals surface area (Å²) in [7, 11) is 0. The van der Waals surface area contributed by atoms with Crippen LogP contribution < -0.4 is 15.4 Å². The fraction of sp³-hybridized carbons (Fsp3) is 0.133. The number of non-ortho nitro benzene ring substituents is 1. The lowest BCUT2D eigenvalue weighted by Gasteiger charge is -2.16. The van der Waals surface area contributed by atoms with Gasteiger partial charge in [-0.1, -0.05) is 0 Å². The summed E-state index contributed by atoms with van der Waals surface area (Å²) in [5.41, 5.74) is 0.366. The molecule has 0 bridgehead atoms. The van der Waals surface area contributed by atoms with Gasteiger partial charge in [0.1, 0.15) is 11.5 Å². The van der Waals surface area contributed by atoms with Crippen molar-refractivity contribution in [1.82, 2.24) is 5.32 Å². The van der Waals surface area contributed by atoms with Crippen LogP contribution in [0.4, 0.5) is 16.2 Å². The number of benzene rings is 2. The highest BCUT2D eigenvalue weighted by Gasteiger charge is 2.10. The van der Waals surface area contributed by atoms with Crippen LogP contribution in [0.5, 0.6) is 11.5 Å². The summed E-state index contributed by atoms with van der Waals surface area (Å²) >= 11 is 0. The maximum atomic E-state index is 11.8. The van der Waals surface area contributed by atoms with Crippen LogP contribution in [0.25, 0.3) is 0 Å². The largest absolute Gasteiger partial charge is 0.508 e. The first-order valence-electron chi connectivity index (χ1n) is 6.72. The Morgan fingerprint density at radius 3 is 2.35 bits per heavy atom. The molecule has 0 fully saturated rings. The minimum atomic E-state index is -0.613. The summed E-state index contributed by atoms with van der Waals surface area (Å²) in [6, 6.07) is 11.0. The molecule has 1 atom stereocenters. The Morgan fingerprint density at radius 1 is 1.17 bits per heavy atom. The smallest absolute Gasteiger partial charge is 0.322 e. The average Bonchev–Trinajstić information content (AvgIpc) is 2.50. The molecule has 0 saturated heterocycles. The fourth-order valence-corrected chi connectivity index (χ4v) is 1.78. The minimum Gasteiger partial charge on any atom is -0.508 e. The first-order valence-corrected chi connectivity index (χ1v) is 6.72. The fourth-order valence-electron chi connectivity index (χ4n) is 1.78. The Labute approximate surface area is 131 Å². The van der Waals surface area contributed by atoms with Crippen molar-refractivity contribution in [3.8, 4) is 11.5 Å². The van der Waals surface area contributed by atoms with Gasteiger partial charge in [0.15, 0.2) is 6.23 Å². The van der Waals surface area contributed by atoms with E-state index in [1.54, 1.807) is 19.1 Å². The second-order valence-corrected chi connectivity index (χ2v) is 4.66. The number of nitro groups is 1. The summed E-state index contributed by atoms with van der Waals surface area (Å²) in [6.45, 7) is 1.64. The third-order valence-corrected chi connectivity index (χ3v) is 2.82. The Hall–Kier alpha value is -3.29. The van der Waals surface area contributed by atoms with E-state index in [2.05, 4.69) is 10.6 Å². The highest BCUT2D eigenvalue weighted by molar-refractivity contribution is 5.89. The minimum absolute atomic E-state index is 0.0556. The third kappa shape index (κ3) is 4.88. The molecule has 0 aromatic heterocycles. The van der Waals surface area contributed by atoms with E-state index >= 15 is 0 Å². The number of nitro benzene ring substituents is 1. The van der Waals surface area contributed by atoms with Gasteiger partial charge in [0, 0.05) is 17.8 Å². The normalized spacial score (nSPS) is 11.3. The number of carbonyl (C=O) groups excluding carboxylic acids is 1. The van der Waals surface area contributed by atoms with E-state index in [0.29, 0.717) is 11.4 Å². The molecule has 8 heteroatoms. The van der Waals surface area contributed by atoms with Gasteiger partial charge in [0.05, 0.1) is 4.92 Å². The number of amides is 2. The van der Waals surface area contributed by atoms with Gasteiger partial charge >= 0.3 is 6.03 Å². The van der Waals surface area contributed by atoms with Gasteiger partial charge < -0.3 is 20.5 Å². The first-order chi connectivity index (χ1) is 10.9. The topological polar surface area (TPSA) is 114 Å². The number of aromatic hydroxyl groups is 1. The van der Waals surface area contributed by atoms with Gasteiger partial charge in [-0.05, 0) is 43.3 Å². The Morgan fingerprint density at radius 2 is 1.78 bits per heavy atom. The number of nitrogens with zero attached hydrogens (tertiary/aromatic N) is 1. The van der Waals surface area contributed by atoms with Crippen LogP contribution >= 0.6 is 0 Å². The number of rotatable bonds is 5. The van der Waals surface area contributed by atoms with Crippen molar-refractivity contribution in [2.24, 2.45) is 0 Å². The lowest BCUT2D eigenvalue weighted by Crippen LogP contribution is -2.39. The zero-order valence-corrected chi connectivity index (χ0v) is 12.2. The average molecular weight is 317 g/mol. The molecule has 1 unspecified atom stereocenters. The predicted molar refractivity (Wildman–Crippen MR) is 83.4 cm³/mol. The van der Waals surface area contributed by atoms with Gasteiger partial charge in [0.2, 0.25) is 0 Å². The maximum absolute atomic E-state index is 11.8. The molecule has 3 N–H and O–H groups in total. The molecule has 120 valence electrons. The second-order valence-electron chi connectivity index (χ2n) is 4.66. The van der Waals surface area contributed by atoms with Gasteiger partial charge in [-0.15, -0.1) is 0 Å². The van der Waals surface area contributed by atoms with E-state index in [-0.39, 0.29) is 11.4 Å². The van der Waals surface area contributed by atoms with Crippen molar-refractivity contribution in [2.45, 2.75) is 13.2 Å². The van der Waals surface area contributed by atoms with E-state index in [1.807, 2.05) is 0 Å².